The van der Waals surface area contributed by atoms with Crippen molar-refractivity contribution in [2.75, 3.05) is 6.61 Å². The Bertz CT molecular complexity index is 255. The van der Waals surface area contributed by atoms with Gasteiger partial charge < -0.3 is 4.74 Å². The van der Waals surface area contributed by atoms with E-state index in [4.69, 9.17) is 4.74 Å². The summed E-state index contributed by atoms with van der Waals surface area (Å²) in [5.41, 5.74) is 0. The highest BCUT2D eigenvalue weighted by Gasteiger charge is 2.32. The van der Waals surface area contributed by atoms with E-state index in [0.29, 0.717) is 6.10 Å². The molecule has 1 heteroatoms. The summed E-state index contributed by atoms with van der Waals surface area (Å²) >= 11 is 0. The molecule has 1 rings (SSSR count). The third-order valence-corrected chi connectivity index (χ3v) is 5.46. The minimum absolute atomic E-state index is 0.493. The zero-order valence-electron chi connectivity index (χ0n) is 15.5. The smallest absolute Gasteiger partial charge is 0.0608 e. The Kier molecular flexibility index (Phi) is 8.94. The molecule has 0 aromatic carbocycles. The molecule has 1 nitrogen and oxygen atoms in total. The van der Waals surface area contributed by atoms with Crippen LogP contribution in [0.3, 0.4) is 0 Å². The van der Waals surface area contributed by atoms with Gasteiger partial charge in [-0.2, -0.15) is 0 Å². The predicted octanol–water partition coefficient (Wildman–Crippen LogP) is 6.27. The third-order valence-electron chi connectivity index (χ3n) is 5.46. The fraction of sp³-hybridized carbons (Fsp3) is 0.950. The standard InChI is InChI=1S/C20H39O/c1-7-9-18(10-8-2)17(6)14-21-20-13-16(5)11-12-19(20)15(3)4/h15-16,18-20H,7-14H2,1-6H3. The van der Waals surface area contributed by atoms with Gasteiger partial charge in [0.2, 0.25) is 0 Å². The lowest BCUT2D eigenvalue weighted by molar-refractivity contribution is -0.0367. The molecule has 0 heterocycles. The van der Waals surface area contributed by atoms with E-state index < -0.39 is 0 Å². The van der Waals surface area contributed by atoms with Gasteiger partial charge in [0.1, 0.15) is 0 Å². The summed E-state index contributed by atoms with van der Waals surface area (Å²) < 4.78 is 6.43. The van der Waals surface area contributed by atoms with Crippen molar-refractivity contribution in [3.05, 3.63) is 5.92 Å². The normalized spacial score (nSPS) is 27.0. The number of hydrogen-bond donors (Lipinski definition) is 0. The molecule has 0 N–H and O–H groups in total. The fourth-order valence-corrected chi connectivity index (χ4v) is 4.00. The number of hydrogen-bond acceptors (Lipinski definition) is 1. The molecule has 3 unspecified atom stereocenters. The first-order valence-electron chi connectivity index (χ1n) is 9.43. The van der Waals surface area contributed by atoms with Gasteiger partial charge in [-0.1, -0.05) is 73.6 Å². The highest BCUT2D eigenvalue weighted by atomic mass is 16.5. The maximum absolute atomic E-state index is 6.43. The lowest BCUT2D eigenvalue weighted by atomic mass is 9.75. The molecule has 1 fully saturated rings. The zero-order chi connectivity index (χ0) is 15.8. The Morgan fingerprint density at radius 1 is 1.10 bits per heavy atom. The Labute approximate surface area is 134 Å². The molecule has 0 aromatic rings. The second-order valence-electron chi connectivity index (χ2n) is 7.80. The first kappa shape index (κ1) is 19.0. The minimum Gasteiger partial charge on any atom is -0.377 e. The minimum atomic E-state index is 0.493. The summed E-state index contributed by atoms with van der Waals surface area (Å²) in [5, 5.41) is 0. The van der Waals surface area contributed by atoms with Crippen LogP contribution in [0.25, 0.3) is 0 Å². The van der Waals surface area contributed by atoms with Crippen molar-refractivity contribution in [1.29, 1.82) is 0 Å². The van der Waals surface area contributed by atoms with Crippen LogP contribution in [0.15, 0.2) is 0 Å². The zero-order valence-corrected chi connectivity index (χ0v) is 15.5. The van der Waals surface area contributed by atoms with Gasteiger partial charge in [0.15, 0.2) is 0 Å². The van der Waals surface area contributed by atoms with Crippen molar-refractivity contribution in [2.24, 2.45) is 23.7 Å². The molecule has 0 amide bonds. The highest BCUT2D eigenvalue weighted by Crippen LogP contribution is 2.36. The van der Waals surface area contributed by atoms with Gasteiger partial charge in [-0.3, -0.25) is 0 Å². The van der Waals surface area contributed by atoms with Crippen LogP contribution in [0.4, 0.5) is 0 Å². The molecule has 0 bridgehead atoms. The molecule has 3 atom stereocenters. The first-order chi connectivity index (χ1) is 9.99. The predicted molar refractivity (Wildman–Crippen MR) is 93.3 cm³/mol. The molecule has 1 aliphatic rings. The van der Waals surface area contributed by atoms with E-state index in [1.54, 1.807) is 5.92 Å². The summed E-state index contributed by atoms with van der Waals surface area (Å²) in [7, 11) is 0. The van der Waals surface area contributed by atoms with Gasteiger partial charge in [-0.25, -0.2) is 0 Å². The molecule has 1 aliphatic carbocycles. The average molecular weight is 296 g/mol. The van der Waals surface area contributed by atoms with Crippen molar-refractivity contribution in [2.45, 2.75) is 92.6 Å². The van der Waals surface area contributed by atoms with Gasteiger partial charge in [-0.15, -0.1) is 0 Å². The van der Waals surface area contributed by atoms with Gasteiger partial charge in [-0.05, 0) is 36.5 Å². The lowest BCUT2D eigenvalue weighted by Crippen LogP contribution is -2.35. The largest absolute Gasteiger partial charge is 0.377 e. The summed E-state index contributed by atoms with van der Waals surface area (Å²) in [5.74, 6) is 4.72. The summed E-state index contributed by atoms with van der Waals surface area (Å²) in [6, 6.07) is 0. The van der Waals surface area contributed by atoms with Gasteiger partial charge in [0.05, 0.1) is 12.7 Å². The van der Waals surface area contributed by atoms with Crippen LogP contribution in [0, 0.1) is 29.6 Å². The van der Waals surface area contributed by atoms with Crippen LogP contribution in [0.2, 0.25) is 0 Å². The molecular formula is C20H39O. The fourth-order valence-electron chi connectivity index (χ4n) is 4.00. The van der Waals surface area contributed by atoms with Crippen molar-refractivity contribution in [3.8, 4) is 0 Å². The monoisotopic (exact) mass is 295 g/mol. The van der Waals surface area contributed by atoms with Crippen molar-refractivity contribution in [1.82, 2.24) is 0 Å². The molecule has 0 spiro atoms. The van der Waals surface area contributed by atoms with E-state index >= 15 is 0 Å². The van der Waals surface area contributed by atoms with Gasteiger partial charge in [0, 0.05) is 5.92 Å². The van der Waals surface area contributed by atoms with Crippen LogP contribution < -0.4 is 0 Å². The van der Waals surface area contributed by atoms with Crippen LogP contribution in [-0.4, -0.2) is 12.7 Å². The van der Waals surface area contributed by atoms with Crippen molar-refractivity contribution >= 4 is 0 Å². The molecule has 0 aromatic heterocycles. The van der Waals surface area contributed by atoms with E-state index in [1.165, 1.54) is 44.9 Å². The Morgan fingerprint density at radius 2 is 1.71 bits per heavy atom. The van der Waals surface area contributed by atoms with Gasteiger partial charge in [0.25, 0.3) is 0 Å². The average Bonchev–Trinajstić information content (AvgIpc) is 2.44. The van der Waals surface area contributed by atoms with Crippen LogP contribution in [0.5, 0.6) is 0 Å². The van der Waals surface area contributed by atoms with E-state index in [-0.39, 0.29) is 0 Å². The maximum Gasteiger partial charge on any atom is 0.0608 e. The van der Waals surface area contributed by atoms with E-state index in [9.17, 15) is 0 Å². The summed E-state index contributed by atoms with van der Waals surface area (Å²) in [4.78, 5) is 0. The number of ether oxygens (including phenoxy) is 1. The molecule has 21 heavy (non-hydrogen) atoms. The van der Waals surface area contributed by atoms with E-state index in [1.807, 2.05) is 0 Å². The van der Waals surface area contributed by atoms with Crippen molar-refractivity contribution < 1.29 is 4.74 Å². The van der Waals surface area contributed by atoms with Crippen molar-refractivity contribution in [3.63, 3.8) is 0 Å². The van der Waals surface area contributed by atoms with Crippen LogP contribution in [0.1, 0.15) is 86.5 Å². The van der Waals surface area contributed by atoms with Crippen LogP contribution in [-0.2, 0) is 4.74 Å². The summed E-state index contributed by atoms with van der Waals surface area (Å²) in [6.45, 7) is 14.9. The Balaban J connectivity index is 2.49. The second kappa shape index (κ2) is 9.87. The molecule has 125 valence electrons. The van der Waals surface area contributed by atoms with E-state index in [2.05, 4.69) is 41.5 Å². The molecule has 1 radical (unpaired) electrons. The molecular weight excluding hydrogens is 256 g/mol. The Hall–Kier alpha value is -0.0400. The second-order valence-corrected chi connectivity index (χ2v) is 7.80. The lowest BCUT2D eigenvalue weighted by Gasteiger charge is -2.38. The molecule has 0 aliphatic heterocycles. The summed E-state index contributed by atoms with van der Waals surface area (Å²) in [6.07, 6.45) is 9.74. The number of rotatable bonds is 9. The SMILES string of the molecule is CCCC(CCC)[C](C)COC1CC(C)CCC1C(C)C. The quantitative estimate of drug-likeness (QED) is 0.487. The topological polar surface area (TPSA) is 9.23 Å². The maximum atomic E-state index is 6.43. The third kappa shape index (κ3) is 6.30. The van der Waals surface area contributed by atoms with Crippen LogP contribution >= 0.6 is 0 Å². The highest BCUT2D eigenvalue weighted by molar-refractivity contribution is 4.93. The van der Waals surface area contributed by atoms with E-state index in [0.717, 1.165) is 30.3 Å². The Morgan fingerprint density at radius 3 is 2.24 bits per heavy atom. The molecule has 1 saturated carbocycles. The first-order valence-corrected chi connectivity index (χ1v) is 9.43. The molecule has 0 saturated heterocycles. The van der Waals surface area contributed by atoms with Gasteiger partial charge >= 0.3 is 0 Å².